The summed E-state index contributed by atoms with van der Waals surface area (Å²) in [4.78, 5) is 0. The van der Waals surface area contributed by atoms with E-state index in [4.69, 9.17) is 8.85 Å². The number of ether oxygens (including phenoxy) is 1. The van der Waals surface area contributed by atoms with Crippen LogP contribution in [0.5, 0.6) is 0 Å². The van der Waals surface area contributed by atoms with E-state index in [2.05, 4.69) is 33.5 Å². The molecule has 0 rings (SSSR count). The van der Waals surface area contributed by atoms with Crippen LogP contribution in [0.25, 0.3) is 0 Å². The molecule has 0 unspecified atom stereocenters. The second kappa shape index (κ2) is 4.84. The van der Waals surface area contributed by atoms with Gasteiger partial charge in [0.2, 0.25) is 8.32 Å². The highest BCUT2D eigenvalue weighted by Gasteiger charge is 2.29. The van der Waals surface area contributed by atoms with Gasteiger partial charge in [0, 0.05) is 0 Å². The zero-order valence-electron chi connectivity index (χ0n) is 9.02. The largest absolute Gasteiger partial charge is 0.503 e. The lowest BCUT2D eigenvalue weighted by Gasteiger charge is -2.25. The lowest BCUT2D eigenvalue weighted by Crippen LogP contribution is -2.36. The van der Waals surface area contributed by atoms with Crippen molar-refractivity contribution in [2.24, 2.45) is 0 Å². The van der Waals surface area contributed by atoms with E-state index in [1.807, 2.05) is 0 Å². The second-order valence-corrected chi connectivity index (χ2v) is 8.68. The summed E-state index contributed by atoms with van der Waals surface area (Å²) in [6, 6.07) is 0. The first-order valence-electron chi connectivity index (χ1n) is 4.31. The van der Waals surface area contributed by atoms with Crippen molar-refractivity contribution >= 4 is 18.1 Å². The molecule has 0 saturated heterocycles. The molecule has 0 radical (unpaired) electrons. The highest BCUT2D eigenvalue weighted by Crippen LogP contribution is 2.19. The molecule has 0 aromatic heterocycles. The lowest BCUT2D eigenvalue weighted by atomic mass is 10.4. The Labute approximate surface area is 79.0 Å². The number of methoxy groups -OCH3 is 1. The molecule has 4 heteroatoms. The molecule has 0 aliphatic heterocycles. The highest BCUT2D eigenvalue weighted by atomic mass is 28.4. The quantitative estimate of drug-likeness (QED) is 0.514. The third kappa shape index (κ3) is 3.12. The van der Waals surface area contributed by atoms with Crippen molar-refractivity contribution in [3.05, 3.63) is 11.0 Å². The molecule has 0 amide bonds. The molecule has 0 aromatic carbocycles. The molecule has 0 bridgehead atoms. The maximum atomic E-state index is 5.84. The van der Waals surface area contributed by atoms with Crippen molar-refractivity contribution in [2.45, 2.75) is 33.5 Å². The minimum atomic E-state index is -1.68. The van der Waals surface area contributed by atoms with Crippen molar-refractivity contribution in [1.29, 1.82) is 0 Å². The van der Waals surface area contributed by atoms with Crippen LogP contribution in [0.15, 0.2) is 11.0 Å². The Morgan fingerprint density at radius 3 is 2.00 bits per heavy atom. The van der Waals surface area contributed by atoms with Gasteiger partial charge in [-0.3, -0.25) is 0 Å². The summed E-state index contributed by atoms with van der Waals surface area (Å²) in [5, 5.41) is 1.09. The fraction of sp³-hybridized carbons (Fsp3) is 0.750. The fourth-order valence-corrected chi connectivity index (χ4v) is 6.59. The van der Waals surface area contributed by atoms with Crippen molar-refractivity contribution in [1.82, 2.24) is 0 Å². The topological polar surface area (TPSA) is 18.5 Å². The maximum Gasteiger partial charge on any atom is 0.246 e. The van der Waals surface area contributed by atoms with Gasteiger partial charge in [0.15, 0.2) is 0 Å². The SMILES string of the molecule is COC(=C(C)C)[Si](C)(C)O[SiH2]C. The van der Waals surface area contributed by atoms with Gasteiger partial charge in [-0.2, -0.15) is 0 Å². The summed E-state index contributed by atoms with van der Waals surface area (Å²) < 4.78 is 11.2. The third-order valence-electron chi connectivity index (χ3n) is 1.71. The van der Waals surface area contributed by atoms with E-state index in [1.54, 1.807) is 7.11 Å². The molecule has 2 nitrogen and oxygen atoms in total. The Kier molecular flexibility index (Phi) is 4.81. The van der Waals surface area contributed by atoms with Crippen LogP contribution in [-0.2, 0) is 8.85 Å². The van der Waals surface area contributed by atoms with E-state index in [0.717, 1.165) is 5.38 Å². The Bertz CT molecular complexity index is 172. The molecular weight excluding hydrogens is 184 g/mol. The molecule has 0 atom stereocenters. The molecule has 0 spiro atoms. The standard InChI is InChI=1S/C8H20O2Si2/c1-7(2)8(9-3)12(5,6)10-11-4/h11H2,1-6H3. The Morgan fingerprint density at radius 2 is 1.75 bits per heavy atom. The summed E-state index contributed by atoms with van der Waals surface area (Å²) in [7, 11) is -0.270. The van der Waals surface area contributed by atoms with E-state index in [-0.39, 0.29) is 9.76 Å². The minimum absolute atomic E-state index is 0.327. The van der Waals surface area contributed by atoms with Crippen LogP contribution in [-0.4, -0.2) is 25.2 Å². The maximum absolute atomic E-state index is 5.84. The van der Waals surface area contributed by atoms with Crippen LogP contribution in [0, 0.1) is 0 Å². The molecular formula is C8H20O2Si2. The van der Waals surface area contributed by atoms with E-state index in [9.17, 15) is 0 Å². The van der Waals surface area contributed by atoms with Gasteiger partial charge in [0.05, 0.1) is 7.11 Å². The smallest absolute Gasteiger partial charge is 0.246 e. The Balaban J connectivity index is 4.61. The molecule has 0 aliphatic carbocycles. The molecule has 0 aromatic rings. The molecule has 72 valence electrons. The van der Waals surface area contributed by atoms with E-state index in [0.29, 0.717) is 0 Å². The number of hydrogen-bond donors (Lipinski definition) is 0. The summed E-state index contributed by atoms with van der Waals surface area (Å²) in [6.07, 6.45) is 0. The van der Waals surface area contributed by atoms with Crippen LogP contribution in [0.2, 0.25) is 19.6 Å². The second-order valence-electron chi connectivity index (χ2n) is 3.48. The average Bonchev–Trinajstić information content (AvgIpc) is 1.86. The molecule has 0 heterocycles. The summed E-state index contributed by atoms with van der Waals surface area (Å²) in [5.41, 5.74) is 1.25. The van der Waals surface area contributed by atoms with Crippen LogP contribution < -0.4 is 0 Å². The normalized spacial score (nSPS) is 12.2. The van der Waals surface area contributed by atoms with Crippen molar-refractivity contribution in [3.8, 4) is 0 Å². The Hall–Kier alpha value is -0.0662. The molecule has 0 fully saturated rings. The molecule has 0 N–H and O–H groups in total. The average molecular weight is 204 g/mol. The fourth-order valence-electron chi connectivity index (χ4n) is 1.48. The first kappa shape index (κ1) is 11.9. The predicted octanol–water partition coefficient (Wildman–Crippen LogP) is 1.82. The zero-order valence-corrected chi connectivity index (χ0v) is 11.4. The summed E-state index contributed by atoms with van der Waals surface area (Å²) in [5.74, 6) is 0. The molecule has 0 saturated carbocycles. The predicted molar refractivity (Wildman–Crippen MR) is 58.4 cm³/mol. The van der Waals surface area contributed by atoms with Gasteiger partial charge in [-0.25, -0.2) is 0 Å². The van der Waals surface area contributed by atoms with Gasteiger partial charge < -0.3 is 8.85 Å². The van der Waals surface area contributed by atoms with Gasteiger partial charge in [0.25, 0.3) is 0 Å². The van der Waals surface area contributed by atoms with Gasteiger partial charge in [-0.05, 0) is 32.5 Å². The lowest BCUT2D eigenvalue weighted by molar-refractivity contribution is 0.301. The van der Waals surface area contributed by atoms with Crippen molar-refractivity contribution in [3.63, 3.8) is 0 Å². The first-order valence-corrected chi connectivity index (χ1v) is 9.21. The Morgan fingerprint density at radius 1 is 1.25 bits per heavy atom. The van der Waals surface area contributed by atoms with Crippen molar-refractivity contribution < 1.29 is 8.85 Å². The molecule has 12 heavy (non-hydrogen) atoms. The van der Waals surface area contributed by atoms with E-state index < -0.39 is 8.32 Å². The van der Waals surface area contributed by atoms with Gasteiger partial charge in [-0.1, -0.05) is 6.55 Å². The van der Waals surface area contributed by atoms with Gasteiger partial charge in [0.1, 0.15) is 15.1 Å². The summed E-state index contributed by atoms with van der Waals surface area (Å²) in [6.45, 7) is 10.7. The highest BCUT2D eigenvalue weighted by molar-refractivity contribution is 6.81. The van der Waals surface area contributed by atoms with Crippen LogP contribution in [0.3, 0.4) is 0 Å². The molecule has 0 aliphatic rings. The van der Waals surface area contributed by atoms with Crippen LogP contribution in [0.1, 0.15) is 13.8 Å². The van der Waals surface area contributed by atoms with Crippen LogP contribution >= 0.6 is 0 Å². The van der Waals surface area contributed by atoms with E-state index >= 15 is 0 Å². The number of allylic oxidation sites excluding steroid dienone is 1. The van der Waals surface area contributed by atoms with Crippen molar-refractivity contribution in [2.75, 3.05) is 7.11 Å². The van der Waals surface area contributed by atoms with Crippen LogP contribution in [0.4, 0.5) is 0 Å². The minimum Gasteiger partial charge on any atom is -0.503 e. The summed E-state index contributed by atoms with van der Waals surface area (Å²) >= 11 is 0. The zero-order chi connectivity index (χ0) is 9.78. The first-order chi connectivity index (χ1) is 5.45. The third-order valence-corrected chi connectivity index (χ3v) is 7.55. The van der Waals surface area contributed by atoms with Gasteiger partial charge in [-0.15, -0.1) is 0 Å². The van der Waals surface area contributed by atoms with Gasteiger partial charge >= 0.3 is 0 Å². The number of rotatable bonds is 4. The monoisotopic (exact) mass is 204 g/mol. The number of hydrogen-bond acceptors (Lipinski definition) is 2. The van der Waals surface area contributed by atoms with E-state index in [1.165, 1.54) is 5.57 Å².